The molecule has 4 rings (SSSR count). The molecule has 1 aliphatic rings. The molecule has 7 heteroatoms. The highest BCUT2D eigenvalue weighted by molar-refractivity contribution is 7.12. The van der Waals surface area contributed by atoms with Gasteiger partial charge in [-0.15, -0.1) is 11.3 Å². The first-order chi connectivity index (χ1) is 14.6. The molecule has 2 heterocycles. The summed E-state index contributed by atoms with van der Waals surface area (Å²) >= 11 is 1.39. The molecular formula is C23H22N2O4S. The van der Waals surface area contributed by atoms with Gasteiger partial charge in [0.2, 0.25) is 0 Å². The molecule has 2 aromatic carbocycles. The van der Waals surface area contributed by atoms with E-state index in [0.29, 0.717) is 29.4 Å². The summed E-state index contributed by atoms with van der Waals surface area (Å²) < 4.78 is 10.9. The molecule has 1 aliphatic heterocycles. The molecule has 0 unspecified atom stereocenters. The number of methoxy groups -OCH3 is 1. The van der Waals surface area contributed by atoms with E-state index in [9.17, 15) is 9.59 Å². The Morgan fingerprint density at radius 2 is 2.03 bits per heavy atom. The lowest BCUT2D eigenvalue weighted by Crippen LogP contribution is -2.34. The summed E-state index contributed by atoms with van der Waals surface area (Å²) in [7, 11) is 1.64. The second kappa shape index (κ2) is 9.00. The summed E-state index contributed by atoms with van der Waals surface area (Å²) in [6.07, 6.45) is 0.736. The zero-order valence-electron chi connectivity index (χ0n) is 16.6. The van der Waals surface area contributed by atoms with Gasteiger partial charge in [-0.1, -0.05) is 18.2 Å². The third-order valence-corrected chi connectivity index (χ3v) is 5.83. The monoisotopic (exact) mass is 422 g/mol. The highest BCUT2D eigenvalue weighted by Gasteiger charge is 2.22. The minimum Gasteiger partial charge on any atom is -0.497 e. The van der Waals surface area contributed by atoms with Crippen LogP contribution in [0.2, 0.25) is 0 Å². The van der Waals surface area contributed by atoms with Gasteiger partial charge < -0.3 is 19.7 Å². The fraction of sp³-hybridized carbons (Fsp3) is 0.217. The number of thiophene rings is 1. The maximum Gasteiger partial charge on any atom is 0.265 e. The molecule has 0 fully saturated rings. The number of rotatable bonds is 6. The number of nitrogens with zero attached hydrogens (tertiary/aromatic N) is 1. The van der Waals surface area contributed by atoms with Crippen molar-refractivity contribution in [2.24, 2.45) is 0 Å². The largest absolute Gasteiger partial charge is 0.497 e. The maximum absolute atomic E-state index is 12.5. The number of carbonyl (C=O) groups is 2. The van der Waals surface area contributed by atoms with Gasteiger partial charge in [0.15, 0.2) is 6.61 Å². The number of carbonyl (C=O) groups excluding carboxylic acids is 2. The molecule has 30 heavy (non-hydrogen) atoms. The molecule has 2 amide bonds. The molecule has 1 aromatic heterocycles. The number of nitrogens with one attached hydrogen (secondary N) is 1. The Morgan fingerprint density at radius 1 is 1.20 bits per heavy atom. The van der Waals surface area contributed by atoms with Crippen molar-refractivity contribution >= 4 is 28.8 Å². The van der Waals surface area contributed by atoms with Crippen LogP contribution in [0.5, 0.6) is 11.5 Å². The van der Waals surface area contributed by atoms with Gasteiger partial charge >= 0.3 is 0 Å². The van der Waals surface area contributed by atoms with Crippen LogP contribution >= 0.6 is 11.3 Å². The lowest BCUT2D eigenvalue weighted by atomic mass is 10.1. The zero-order chi connectivity index (χ0) is 20.9. The first kappa shape index (κ1) is 20.0. The lowest BCUT2D eigenvalue weighted by Gasteiger charge is -2.20. The van der Waals surface area contributed by atoms with Crippen molar-refractivity contribution < 1.29 is 19.1 Å². The van der Waals surface area contributed by atoms with Gasteiger partial charge in [0.1, 0.15) is 11.5 Å². The Kier molecular flexibility index (Phi) is 5.99. The van der Waals surface area contributed by atoms with Gasteiger partial charge in [-0.3, -0.25) is 9.59 Å². The van der Waals surface area contributed by atoms with Crippen molar-refractivity contribution in [1.29, 1.82) is 0 Å². The lowest BCUT2D eigenvalue weighted by molar-refractivity contribution is -0.133. The van der Waals surface area contributed by atoms with Gasteiger partial charge in [-0.25, -0.2) is 0 Å². The van der Waals surface area contributed by atoms with E-state index in [4.69, 9.17) is 9.47 Å². The van der Waals surface area contributed by atoms with E-state index >= 15 is 0 Å². The summed E-state index contributed by atoms with van der Waals surface area (Å²) in [4.78, 5) is 27.3. The Bertz CT molecular complexity index is 1030. The zero-order valence-corrected chi connectivity index (χ0v) is 17.4. The van der Waals surface area contributed by atoms with Crippen LogP contribution in [-0.4, -0.2) is 37.0 Å². The number of benzene rings is 2. The highest BCUT2D eigenvalue weighted by Crippen LogP contribution is 2.27. The summed E-state index contributed by atoms with van der Waals surface area (Å²) in [5, 5.41) is 4.78. The normalized spacial score (nSPS) is 13.2. The van der Waals surface area contributed by atoms with E-state index in [1.165, 1.54) is 11.3 Å². The second-order valence-corrected chi connectivity index (χ2v) is 7.90. The van der Waals surface area contributed by atoms with Crippen molar-refractivity contribution in [3.63, 3.8) is 0 Å². The van der Waals surface area contributed by atoms with E-state index in [1.54, 1.807) is 30.2 Å². The van der Waals surface area contributed by atoms with E-state index in [0.717, 1.165) is 23.3 Å². The summed E-state index contributed by atoms with van der Waals surface area (Å²) in [6.45, 7) is 1.03. The molecule has 6 nitrogen and oxygen atoms in total. The average molecular weight is 423 g/mol. The Morgan fingerprint density at radius 3 is 2.77 bits per heavy atom. The standard InChI is InChI=1S/C23H22N2O4S/c1-28-19-7-4-16(5-8-19)10-11-25-14-17-13-18(6-9-20(17)29-15-22(25)26)24-23(27)21-3-2-12-30-21/h2-9,12-13H,10-11,14-15H2,1H3,(H,24,27). The first-order valence-electron chi connectivity index (χ1n) is 9.63. The Labute approximate surface area is 179 Å². The van der Waals surface area contributed by atoms with Crippen LogP contribution in [0.3, 0.4) is 0 Å². The molecule has 1 N–H and O–H groups in total. The molecule has 154 valence electrons. The molecule has 0 saturated carbocycles. The van der Waals surface area contributed by atoms with Crippen molar-refractivity contribution in [1.82, 2.24) is 4.90 Å². The second-order valence-electron chi connectivity index (χ2n) is 6.96. The molecule has 0 atom stereocenters. The molecule has 0 aliphatic carbocycles. The summed E-state index contributed by atoms with van der Waals surface area (Å²) in [5.41, 5.74) is 2.69. The predicted octanol–water partition coefficient (Wildman–Crippen LogP) is 3.97. The van der Waals surface area contributed by atoms with Crippen molar-refractivity contribution in [3.05, 3.63) is 76.0 Å². The SMILES string of the molecule is COc1ccc(CCN2Cc3cc(NC(=O)c4cccs4)ccc3OCC2=O)cc1. The van der Waals surface area contributed by atoms with E-state index in [2.05, 4.69) is 5.32 Å². The highest BCUT2D eigenvalue weighted by atomic mass is 32.1. The van der Waals surface area contributed by atoms with Gasteiger partial charge in [0.25, 0.3) is 11.8 Å². The number of fused-ring (bicyclic) bond motifs is 1. The van der Waals surface area contributed by atoms with Crippen molar-refractivity contribution in [3.8, 4) is 11.5 Å². The average Bonchev–Trinajstić information content (AvgIpc) is 3.26. The third kappa shape index (κ3) is 4.63. The molecule has 0 radical (unpaired) electrons. The first-order valence-corrected chi connectivity index (χ1v) is 10.5. The topological polar surface area (TPSA) is 67.9 Å². The summed E-state index contributed by atoms with van der Waals surface area (Å²) in [6, 6.07) is 16.9. The summed E-state index contributed by atoms with van der Waals surface area (Å²) in [5.74, 6) is 1.28. The van der Waals surface area contributed by atoms with Gasteiger partial charge in [0.05, 0.1) is 12.0 Å². The molecule has 0 spiro atoms. The molecular weight excluding hydrogens is 400 g/mol. The van der Waals surface area contributed by atoms with Crippen LogP contribution in [-0.2, 0) is 17.8 Å². The molecule has 3 aromatic rings. The molecule has 0 bridgehead atoms. The smallest absolute Gasteiger partial charge is 0.265 e. The van der Waals surface area contributed by atoms with E-state index < -0.39 is 0 Å². The predicted molar refractivity (Wildman–Crippen MR) is 116 cm³/mol. The number of anilines is 1. The minimum absolute atomic E-state index is 0.0104. The minimum atomic E-state index is -0.146. The van der Waals surface area contributed by atoms with Crippen LogP contribution in [0.15, 0.2) is 60.0 Å². The quantitative estimate of drug-likeness (QED) is 0.653. The number of hydrogen-bond acceptors (Lipinski definition) is 5. The van der Waals surface area contributed by atoms with Crippen LogP contribution in [0.4, 0.5) is 5.69 Å². The van der Waals surface area contributed by atoms with Crippen LogP contribution in [0, 0.1) is 0 Å². The van der Waals surface area contributed by atoms with Gasteiger partial charge in [-0.05, 0) is 53.8 Å². The number of ether oxygens (including phenoxy) is 2. The number of amides is 2. The van der Waals surface area contributed by atoms with Crippen LogP contribution in [0.1, 0.15) is 20.8 Å². The third-order valence-electron chi connectivity index (χ3n) is 4.96. The van der Waals surface area contributed by atoms with E-state index in [1.807, 2.05) is 41.8 Å². The maximum atomic E-state index is 12.5. The van der Waals surface area contributed by atoms with Gasteiger partial charge in [-0.2, -0.15) is 0 Å². The van der Waals surface area contributed by atoms with E-state index in [-0.39, 0.29) is 18.4 Å². The van der Waals surface area contributed by atoms with Crippen molar-refractivity contribution in [2.45, 2.75) is 13.0 Å². The Hall–Kier alpha value is -3.32. The number of hydrogen-bond donors (Lipinski definition) is 1. The fourth-order valence-corrected chi connectivity index (χ4v) is 3.93. The van der Waals surface area contributed by atoms with Gasteiger partial charge in [0, 0.05) is 24.3 Å². The van der Waals surface area contributed by atoms with Crippen LogP contribution < -0.4 is 14.8 Å². The van der Waals surface area contributed by atoms with Crippen LogP contribution in [0.25, 0.3) is 0 Å². The molecule has 0 saturated heterocycles. The van der Waals surface area contributed by atoms with Crippen molar-refractivity contribution in [2.75, 3.05) is 25.6 Å². The fourth-order valence-electron chi connectivity index (χ4n) is 3.31. The Balaban J connectivity index is 1.45.